The summed E-state index contributed by atoms with van der Waals surface area (Å²) in [4.78, 5) is 17.9. The van der Waals surface area contributed by atoms with Gasteiger partial charge in [-0.3, -0.25) is 4.79 Å². The van der Waals surface area contributed by atoms with Crippen LogP contribution < -0.4 is 4.72 Å². The van der Waals surface area contributed by atoms with Crippen LogP contribution in [0, 0.1) is 0 Å². The minimum absolute atomic E-state index is 0.0837. The molecule has 0 saturated carbocycles. The number of amides is 1. The zero-order chi connectivity index (χ0) is 22.6. The third kappa shape index (κ3) is 4.34. The number of nitrogens with one attached hydrogen (secondary N) is 1. The maximum atomic E-state index is 13.7. The highest BCUT2D eigenvalue weighted by Gasteiger charge is 2.37. The van der Waals surface area contributed by atoms with E-state index in [0.717, 1.165) is 10.5 Å². The van der Waals surface area contributed by atoms with E-state index in [9.17, 15) is 26.4 Å². The van der Waals surface area contributed by atoms with E-state index in [4.69, 9.17) is 4.42 Å². The third-order valence-corrected chi connectivity index (χ3v) is 6.74. The molecule has 1 aliphatic rings. The number of hydrogen-bond donors (Lipinski definition) is 1. The van der Waals surface area contributed by atoms with Gasteiger partial charge in [-0.15, -0.1) is 0 Å². The lowest BCUT2D eigenvalue weighted by atomic mass is 10.1. The Bertz CT molecular complexity index is 1260. The van der Waals surface area contributed by atoms with E-state index in [1.807, 2.05) is 0 Å². The lowest BCUT2D eigenvalue weighted by Gasteiger charge is -2.38. The third-order valence-electron chi connectivity index (χ3n) is 4.87. The first kappa shape index (κ1) is 21.8. The van der Waals surface area contributed by atoms with Crippen molar-refractivity contribution < 1.29 is 30.8 Å². The Morgan fingerprint density at radius 3 is 2.58 bits per heavy atom. The van der Waals surface area contributed by atoms with E-state index in [0.29, 0.717) is 10.2 Å². The van der Waals surface area contributed by atoms with Gasteiger partial charge in [0.15, 0.2) is 4.67 Å². The van der Waals surface area contributed by atoms with Crippen LogP contribution in [0.5, 0.6) is 0 Å². The molecular formula is C18H16BrF3N4O4S. The molecular weight excluding hydrogens is 505 g/mol. The Morgan fingerprint density at radius 2 is 2.00 bits per heavy atom. The molecule has 0 atom stereocenters. The monoisotopic (exact) mass is 520 g/mol. The highest BCUT2D eigenvalue weighted by atomic mass is 79.9. The summed E-state index contributed by atoms with van der Waals surface area (Å²) < 4.78 is 73.3. The number of imidazole rings is 1. The van der Waals surface area contributed by atoms with Crippen LogP contribution in [0.3, 0.4) is 0 Å². The average Bonchev–Trinajstić information content (AvgIpc) is 3.28. The SMILES string of the molecule is CCS(=O)(=O)NC1CN(C(=O)c2cn3cc(-c4coc(Br)c4)cc(C(F)(F)F)c3n2)C1. The van der Waals surface area contributed by atoms with E-state index < -0.39 is 39.4 Å². The first-order valence-electron chi connectivity index (χ1n) is 9.10. The van der Waals surface area contributed by atoms with Crippen molar-refractivity contribution in [2.45, 2.75) is 19.1 Å². The molecule has 1 N–H and O–H groups in total. The number of alkyl halides is 3. The first-order valence-corrected chi connectivity index (χ1v) is 11.5. The molecule has 3 aromatic rings. The fourth-order valence-electron chi connectivity index (χ4n) is 3.25. The quantitative estimate of drug-likeness (QED) is 0.557. The molecule has 1 aliphatic heterocycles. The predicted molar refractivity (Wildman–Crippen MR) is 108 cm³/mol. The molecule has 1 fully saturated rings. The minimum Gasteiger partial charge on any atom is -0.457 e. The normalized spacial score (nSPS) is 15.5. The largest absolute Gasteiger partial charge is 0.457 e. The minimum atomic E-state index is -4.69. The summed E-state index contributed by atoms with van der Waals surface area (Å²) in [5.41, 5.74) is -0.879. The van der Waals surface area contributed by atoms with Gasteiger partial charge in [-0.05, 0) is 35.0 Å². The second kappa shape index (κ2) is 7.64. The van der Waals surface area contributed by atoms with Gasteiger partial charge in [0.2, 0.25) is 10.0 Å². The zero-order valence-corrected chi connectivity index (χ0v) is 18.4. The Balaban J connectivity index is 1.64. The zero-order valence-electron chi connectivity index (χ0n) is 16.0. The van der Waals surface area contributed by atoms with E-state index in [-0.39, 0.29) is 30.1 Å². The summed E-state index contributed by atoms with van der Waals surface area (Å²) in [6.45, 7) is 1.73. The van der Waals surface area contributed by atoms with Crippen LogP contribution in [0.4, 0.5) is 13.2 Å². The molecule has 4 rings (SSSR count). The number of sulfonamides is 1. The predicted octanol–water partition coefficient (Wildman–Crippen LogP) is 3.14. The number of nitrogens with zero attached hydrogens (tertiary/aromatic N) is 3. The Kier molecular flexibility index (Phi) is 5.38. The van der Waals surface area contributed by atoms with Gasteiger partial charge in [0, 0.05) is 36.6 Å². The summed E-state index contributed by atoms with van der Waals surface area (Å²) in [5.74, 6) is -0.656. The highest BCUT2D eigenvalue weighted by Crippen LogP contribution is 2.36. The van der Waals surface area contributed by atoms with Gasteiger partial charge in [-0.1, -0.05) is 0 Å². The number of furan rings is 1. The second-order valence-corrected chi connectivity index (χ2v) is 9.89. The molecule has 31 heavy (non-hydrogen) atoms. The molecule has 0 aliphatic carbocycles. The fourth-order valence-corrected chi connectivity index (χ4v) is 4.41. The van der Waals surface area contributed by atoms with Crippen molar-refractivity contribution in [3.05, 3.63) is 46.7 Å². The lowest BCUT2D eigenvalue weighted by Crippen LogP contribution is -2.61. The topological polar surface area (TPSA) is 96.9 Å². The van der Waals surface area contributed by atoms with Crippen LogP contribution >= 0.6 is 15.9 Å². The van der Waals surface area contributed by atoms with Crippen molar-refractivity contribution in [2.75, 3.05) is 18.8 Å². The molecule has 0 spiro atoms. The molecule has 0 bridgehead atoms. The van der Waals surface area contributed by atoms with Gasteiger partial charge < -0.3 is 13.7 Å². The molecule has 1 saturated heterocycles. The van der Waals surface area contributed by atoms with Crippen LogP contribution in [0.1, 0.15) is 23.0 Å². The maximum Gasteiger partial charge on any atom is 0.420 e. The van der Waals surface area contributed by atoms with Crippen LogP contribution in [0.25, 0.3) is 16.8 Å². The van der Waals surface area contributed by atoms with Gasteiger partial charge in [0.1, 0.15) is 11.3 Å². The van der Waals surface area contributed by atoms with E-state index in [2.05, 4.69) is 25.6 Å². The Labute approximate surface area is 183 Å². The molecule has 13 heteroatoms. The molecule has 1 amide bonds. The number of carbonyl (C=O) groups excluding carboxylic acids is 1. The molecule has 3 aromatic heterocycles. The standard InChI is InChI=1S/C18H16BrF3N4O4S/c1-2-31(28,29)24-12-6-26(7-12)17(27)14-8-25-5-10(11-4-15(19)30-9-11)3-13(16(25)23-14)18(20,21)22/h3-5,8-9,12,24H,2,6-7H2,1H3. The fraction of sp³-hybridized carbons (Fsp3) is 0.333. The van der Waals surface area contributed by atoms with Crippen LogP contribution in [0.15, 0.2) is 39.9 Å². The van der Waals surface area contributed by atoms with Crippen molar-refractivity contribution in [3.8, 4) is 11.1 Å². The van der Waals surface area contributed by atoms with Crippen LogP contribution in [-0.4, -0.2) is 53.5 Å². The van der Waals surface area contributed by atoms with E-state index in [1.54, 1.807) is 0 Å². The van der Waals surface area contributed by atoms with Gasteiger partial charge in [-0.25, -0.2) is 18.1 Å². The molecule has 0 unspecified atom stereocenters. The number of carbonyl (C=O) groups is 1. The maximum absolute atomic E-state index is 13.7. The Hall–Kier alpha value is -2.38. The average molecular weight is 521 g/mol. The molecule has 8 nitrogen and oxygen atoms in total. The first-order chi connectivity index (χ1) is 14.5. The van der Waals surface area contributed by atoms with Gasteiger partial charge in [0.05, 0.1) is 23.6 Å². The van der Waals surface area contributed by atoms with Gasteiger partial charge in [-0.2, -0.15) is 13.2 Å². The molecule has 0 aromatic carbocycles. The number of pyridine rings is 1. The summed E-state index contributed by atoms with van der Waals surface area (Å²) >= 11 is 3.12. The van der Waals surface area contributed by atoms with Crippen molar-refractivity contribution in [3.63, 3.8) is 0 Å². The van der Waals surface area contributed by atoms with Crippen LogP contribution in [-0.2, 0) is 16.2 Å². The molecule has 0 radical (unpaired) electrons. The molecule has 4 heterocycles. The van der Waals surface area contributed by atoms with E-state index >= 15 is 0 Å². The Morgan fingerprint density at radius 1 is 1.29 bits per heavy atom. The van der Waals surface area contributed by atoms with Crippen molar-refractivity contribution in [2.24, 2.45) is 0 Å². The molecule has 166 valence electrons. The number of fused-ring (bicyclic) bond motifs is 1. The number of likely N-dealkylation sites (tertiary alicyclic amines) is 1. The van der Waals surface area contributed by atoms with Gasteiger partial charge >= 0.3 is 6.18 Å². The number of rotatable bonds is 5. The van der Waals surface area contributed by atoms with Crippen LogP contribution in [0.2, 0.25) is 0 Å². The van der Waals surface area contributed by atoms with Crippen molar-refractivity contribution in [1.29, 1.82) is 0 Å². The number of halogens is 4. The van der Waals surface area contributed by atoms with Crippen molar-refractivity contribution >= 4 is 37.5 Å². The number of hydrogen-bond acceptors (Lipinski definition) is 5. The lowest BCUT2D eigenvalue weighted by molar-refractivity contribution is -0.136. The summed E-state index contributed by atoms with van der Waals surface area (Å²) in [7, 11) is -3.41. The summed E-state index contributed by atoms with van der Waals surface area (Å²) in [6.07, 6.45) is -0.717. The summed E-state index contributed by atoms with van der Waals surface area (Å²) in [5, 5.41) is 0. The smallest absolute Gasteiger partial charge is 0.420 e. The van der Waals surface area contributed by atoms with E-state index in [1.165, 1.54) is 36.5 Å². The van der Waals surface area contributed by atoms with Gasteiger partial charge in [0.25, 0.3) is 5.91 Å². The van der Waals surface area contributed by atoms with Crippen molar-refractivity contribution in [1.82, 2.24) is 19.0 Å². The number of aromatic nitrogens is 2. The second-order valence-electron chi connectivity index (χ2n) is 7.07. The highest BCUT2D eigenvalue weighted by molar-refractivity contribution is 9.10. The summed E-state index contributed by atoms with van der Waals surface area (Å²) in [6, 6.07) is 2.05.